The number of urea groups is 1. The Kier molecular flexibility index (Phi) is 3.45. The molecule has 0 spiro atoms. The van der Waals surface area contributed by atoms with Crippen molar-refractivity contribution in [2.45, 2.75) is 25.3 Å². The van der Waals surface area contributed by atoms with Crippen LogP contribution in [0.1, 0.15) is 19.3 Å². The van der Waals surface area contributed by atoms with E-state index in [4.69, 9.17) is 5.11 Å². The molecule has 1 saturated carbocycles. The SMILES string of the molecule is Cn1ncnc1NC(=O)N[C@H]1CC[C@@H](C(=O)O)C1. The lowest BCUT2D eigenvalue weighted by atomic mass is 10.1. The number of carboxylic acid groups (broad SMARTS) is 1. The number of hydrogen-bond donors (Lipinski definition) is 3. The fraction of sp³-hybridized carbons (Fsp3) is 0.600. The van der Waals surface area contributed by atoms with Crippen LogP contribution < -0.4 is 10.6 Å². The minimum absolute atomic E-state index is 0.0978. The summed E-state index contributed by atoms with van der Waals surface area (Å²) in [6.45, 7) is 0. The second-order valence-electron chi connectivity index (χ2n) is 4.35. The highest BCUT2D eigenvalue weighted by Gasteiger charge is 2.30. The molecule has 0 saturated heterocycles. The molecule has 1 aliphatic carbocycles. The maximum atomic E-state index is 11.6. The van der Waals surface area contributed by atoms with Crippen molar-refractivity contribution in [1.29, 1.82) is 0 Å². The third kappa shape index (κ3) is 2.76. The summed E-state index contributed by atoms with van der Waals surface area (Å²) in [5, 5.41) is 18.0. The van der Waals surface area contributed by atoms with E-state index in [1.165, 1.54) is 11.0 Å². The van der Waals surface area contributed by atoms with Gasteiger partial charge < -0.3 is 10.4 Å². The summed E-state index contributed by atoms with van der Waals surface area (Å²) in [5.74, 6) is -0.807. The van der Waals surface area contributed by atoms with Crippen molar-refractivity contribution < 1.29 is 14.7 Å². The number of aromatic nitrogens is 3. The number of carbonyl (C=O) groups is 2. The number of aliphatic carboxylic acids is 1. The van der Waals surface area contributed by atoms with Crippen molar-refractivity contribution in [3.8, 4) is 0 Å². The fourth-order valence-electron chi connectivity index (χ4n) is 2.07. The number of aryl methyl sites for hydroxylation is 1. The molecular weight excluding hydrogens is 238 g/mol. The predicted octanol–water partition coefficient (Wildman–Crippen LogP) is 0.190. The Morgan fingerprint density at radius 3 is 2.83 bits per heavy atom. The van der Waals surface area contributed by atoms with Crippen molar-refractivity contribution in [3.05, 3.63) is 6.33 Å². The first kappa shape index (κ1) is 12.3. The number of rotatable bonds is 3. The molecule has 8 heteroatoms. The summed E-state index contributed by atoms with van der Waals surface area (Å²) in [6, 6.07) is -0.485. The Morgan fingerprint density at radius 2 is 2.28 bits per heavy atom. The molecule has 0 bridgehead atoms. The van der Waals surface area contributed by atoms with Crippen LogP contribution in [-0.4, -0.2) is 37.9 Å². The Balaban J connectivity index is 1.82. The minimum Gasteiger partial charge on any atom is -0.481 e. The molecule has 8 nitrogen and oxygen atoms in total. The average molecular weight is 253 g/mol. The van der Waals surface area contributed by atoms with Gasteiger partial charge in [-0.1, -0.05) is 0 Å². The van der Waals surface area contributed by atoms with Crippen LogP contribution in [0, 0.1) is 5.92 Å². The van der Waals surface area contributed by atoms with Gasteiger partial charge in [0.2, 0.25) is 5.95 Å². The number of carbonyl (C=O) groups excluding carboxylic acids is 1. The van der Waals surface area contributed by atoms with Crippen LogP contribution in [0.15, 0.2) is 6.33 Å². The van der Waals surface area contributed by atoms with Gasteiger partial charge in [0.05, 0.1) is 5.92 Å². The smallest absolute Gasteiger partial charge is 0.321 e. The molecular formula is C10H15N5O3. The summed E-state index contributed by atoms with van der Waals surface area (Å²) >= 11 is 0. The van der Waals surface area contributed by atoms with Crippen LogP contribution in [0.5, 0.6) is 0 Å². The molecule has 0 aromatic carbocycles. The number of carboxylic acids is 1. The van der Waals surface area contributed by atoms with Gasteiger partial charge in [0, 0.05) is 13.1 Å². The van der Waals surface area contributed by atoms with Crippen LogP contribution in [-0.2, 0) is 11.8 Å². The lowest BCUT2D eigenvalue weighted by Crippen LogP contribution is -2.37. The van der Waals surface area contributed by atoms with Crippen molar-refractivity contribution in [3.63, 3.8) is 0 Å². The van der Waals surface area contributed by atoms with Gasteiger partial charge in [-0.15, -0.1) is 0 Å². The lowest BCUT2D eigenvalue weighted by Gasteiger charge is -2.12. The van der Waals surface area contributed by atoms with Crippen molar-refractivity contribution >= 4 is 17.9 Å². The van der Waals surface area contributed by atoms with Gasteiger partial charge in [-0.25, -0.2) is 9.48 Å². The second-order valence-corrected chi connectivity index (χ2v) is 4.35. The zero-order chi connectivity index (χ0) is 13.1. The summed E-state index contributed by atoms with van der Waals surface area (Å²) in [7, 11) is 1.67. The van der Waals surface area contributed by atoms with Crippen LogP contribution in [0.3, 0.4) is 0 Å². The van der Waals surface area contributed by atoms with Gasteiger partial charge in [-0.05, 0) is 19.3 Å². The van der Waals surface area contributed by atoms with Crippen molar-refractivity contribution in [2.24, 2.45) is 13.0 Å². The van der Waals surface area contributed by atoms with E-state index in [0.29, 0.717) is 25.2 Å². The Labute approximate surface area is 103 Å². The molecule has 2 rings (SSSR count). The molecule has 1 aliphatic rings. The van der Waals surface area contributed by atoms with E-state index >= 15 is 0 Å². The molecule has 0 radical (unpaired) electrons. The maximum absolute atomic E-state index is 11.6. The molecule has 2 amide bonds. The van der Waals surface area contributed by atoms with Crippen molar-refractivity contribution in [2.75, 3.05) is 5.32 Å². The predicted molar refractivity (Wildman–Crippen MR) is 61.9 cm³/mol. The fourth-order valence-corrected chi connectivity index (χ4v) is 2.07. The van der Waals surface area contributed by atoms with E-state index in [9.17, 15) is 9.59 Å². The van der Waals surface area contributed by atoms with Crippen LogP contribution in [0.2, 0.25) is 0 Å². The first-order valence-corrected chi connectivity index (χ1v) is 5.70. The highest BCUT2D eigenvalue weighted by Crippen LogP contribution is 2.25. The average Bonchev–Trinajstić information content (AvgIpc) is 2.89. The molecule has 1 heterocycles. The summed E-state index contributed by atoms with van der Waals surface area (Å²) in [4.78, 5) is 26.3. The van der Waals surface area contributed by atoms with E-state index in [1.54, 1.807) is 7.05 Å². The summed E-state index contributed by atoms with van der Waals surface area (Å²) in [5.41, 5.74) is 0. The zero-order valence-electron chi connectivity index (χ0n) is 9.96. The zero-order valence-corrected chi connectivity index (χ0v) is 9.96. The Morgan fingerprint density at radius 1 is 1.50 bits per heavy atom. The van der Waals surface area contributed by atoms with Crippen LogP contribution in [0.4, 0.5) is 10.7 Å². The molecule has 0 aliphatic heterocycles. The van der Waals surface area contributed by atoms with Gasteiger partial charge in [0.25, 0.3) is 0 Å². The largest absolute Gasteiger partial charge is 0.481 e. The van der Waals surface area contributed by atoms with Crippen molar-refractivity contribution in [1.82, 2.24) is 20.1 Å². The normalized spacial score (nSPS) is 22.7. The van der Waals surface area contributed by atoms with E-state index in [0.717, 1.165) is 0 Å². The number of anilines is 1. The van der Waals surface area contributed by atoms with Gasteiger partial charge in [0.1, 0.15) is 6.33 Å². The molecule has 1 aromatic heterocycles. The standard InChI is InChI=1S/C10H15N5O3/c1-15-9(11-5-12-15)14-10(18)13-7-3-2-6(4-7)8(16)17/h5-7H,2-4H2,1H3,(H,16,17)(H2,11,12,13,14,18)/t6-,7+/m1/s1. The second kappa shape index (κ2) is 5.03. The minimum atomic E-state index is -0.798. The molecule has 98 valence electrons. The molecule has 3 N–H and O–H groups in total. The monoisotopic (exact) mass is 253 g/mol. The molecule has 0 unspecified atom stereocenters. The van der Waals surface area contributed by atoms with E-state index in [1.807, 2.05) is 0 Å². The molecule has 1 fully saturated rings. The third-order valence-electron chi connectivity index (χ3n) is 3.05. The van der Waals surface area contributed by atoms with Gasteiger partial charge >= 0.3 is 12.0 Å². The first-order valence-electron chi connectivity index (χ1n) is 5.70. The highest BCUT2D eigenvalue weighted by atomic mass is 16.4. The van der Waals surface area contributed by atoms with Gasteiger partial charge in [-0.2, -0.15) is 10.1 Å². The quantitative estimate of drug-likeness (QED) is 0.712. The number of nitrogens with zero attached hydrogens (tertiary/aromatic N) is 3. The molecule has 1 aromatic rings. The number of nitrogens with one attached hydrogen (secondary N) is 2. The topological polar surface area (TPSA) is 109 Å². The molecule has 18 heavy (non-hydrogen) atoms. The third-order valence-corrected chi connectivity index (χ3v) is 3.05. The molecule has 2 atom stereocenters. The van der Waals surface area contributed by atoms with Gasteiger partial charge in [0.15, 0.2) is 0 Å². The van der Waals surface area contributed by atoms with Gasteiger partial charge in [-0.3, -0.25) is 10.1 Å². The summed E-state index contributed by atoms with van der Waals surface area (Å²) in [6.07, 6.45) is 3.10. The number of amides is 2. The Bertz CT molecular complexity index is 458. The summed E-state index contributed by atoms with van der Waals surface area (Å²) < 4.78 is 1.44. The Hall–Kier alpha value is -2.12. The van der Waals surface area contributed by atoms with E-state index < -0.39 is 5.97 Å². The van der Waals surface area contributed by atoms with E-state index in [2.05, 4.69) is 20.7 Å². The van der Waals surface area contributed by atoms with E-state index in [-0.39, 0.29) is 18.0 Å². The van der Waals surface area contributed by atoms with Crippen LogP contribution in [0.25, 0.3) is 0 Å². The first-order chi connectivity index (χ1) is 8.56. The number of hydrogen-bond acceptors (Lipinski definition) is 4. The maximum Gasteiger partial charge on any atom is 0.321 e. The van der Waals surface area contributed by atoms with Crippen LogP contribution >= 0.6 is 0 Å². The lowest BCUT2D eigenvalue weighted by molar-refractivity contribution is -0.141. The highest BCUT2D eigenvalue weighted by molar-refractivity contribution is 5.87.